The Balaban J connectivity index is 1.65. The van der Waals surface area contributed by atoms with Crippen molar-refractivity contribution in [1.29, 1.82) is 0 Å². The van der Waals surface area contributed by atoms with Crippen molar-refractivity contribution in [2.75, 3.05) is 6.54 Å². The lowest BCUT2D eigenvalue weighted by Gasteiger charge is -2.12. The van der Waals surface area contributed by atoms with E-state index in [1.54, 1.807) is 17.5 Å². The lowest BCUT2D eigenvalue weighted by Crippen LogP contribution is -2.36. The SMILES string of the molecule is CCNC(=NCc1ccccc1Cn1cccn1)NCc1csc(CC)n1. The number of rotatable bonds is 8. The van der Waals surface area contributed by atoms with Crippen LogP contribution in [0.15, 0.2) is 53.1 Å². The fraction of sp³-hybridized carbons (Fsp3) is 0.350. The summed E-state index contributed by atoms with van der Waals surface area (Å²) in [5, 5.41) is 14.3. The first-order valence-electron chi connectivity index (χ1n) is 9.28. The lowest BCUT2D eigenvalue weighted by atomic mass is 10.1. The van der Waals surface area contributed by atoms with Crippen molar-refractivity contribution in [3.05, 3.63) is 69.9 Å². The first-order valence-corrected chi connectivity index (χ1v) is 10.2. The molecule has 0 radical (unpaired) electrons. The number of hydrogen-bond acceptors (Lipinski definition) is 4. The van der Waals surface area contributed by atoms with Gasteiger partial charge in [0.1, 0.15) is 0 Å². The van der Waals surface area contributed by atoms with E-state index in [0.717, 1.165) is 31.2 Å². The fourth-order valence-corrected chi connectivity index (χ4v) is 3.45. The number of nitrogens with zero attached hydrogens (tertiary/aromatic N) is 4. The van der Waals surface area contributed by atoms with Crippen LogP contribution in [0.1, 0.15) is 35.7 Å². The van der Waals surface area contributed by atoms with Crippen LogP contribution in [0.5, 0.6) is 0 Å². The third-order valence-corrected chi connectivity index (χ3v) is 5.14. The number of hydrogen-bond donors (Lipinski definition) is 2. The Bertz CT molecular complexity index is 853. The predicted molar refractivity (Wildman–Crippen MR) is 111 cm³/mol. The second-order valence-corrected chi connectivity index (χ2v) is 7.05. The average molecular weight is 383 g/mol. The van der Waals surface area contributed by atoms with Crippen molar-refractivity contribution in [2.45, 2.75) is 39.9 Å². The highest BCUT2D eigenvalue weighted by Gasteiger charge is 2.05. The first kappa shape index (κ1) is 19.1. The molecule has 0 aliphatic carbocycles. The number of aliphatic imine (C=N–C) groups is 1. The number of nitrogens with one attached hydrogen (secondary N) is 2. The van der Waals surface area contributed by atoms with Crippen LogP contribution in [0.4, 0.5) is 0 Å². The van der Waals surface area contributed by atoms with Gasteiger partial charge >= 0.3 is 0 Å². The van der Waals surface area contributed by atoms with Gasteiger partial charge in [0, 0.05) is 24.3 Å². The summed E-state index contributed by atoms with van der Waals surface area (Å²) >= 11 is 1.71. The Kier molecular flexibility index (Phi) is 6.98. The van der Waals surface area contributed by atoms with Gasteiger partial charge in [0.25, 0.3) is 0 Å². The molecule has 0 bridgehead atoms. The van der Waals surface area contributed by atoms with Crippen LogP contribution in [0.2, 0.25) is 0 Å². The normalized spacial score (nSPS) is 11.6. The summed E-state index contributed by atoms with van der Waals surface area (Å²) in [7, 11) is 0. The van der Waals surface area contributed by atoms with Crippen LogP contribution in [-0.4, -0.2) is 27.3 Å². The van der Waals surface area contributed by atoms with E-state index >= 15 is 0 Å². The molecule has 2 N–H and O–H groups in total. The van der Waals surface area contributed by atoms with Crippen LogP contribution < -0.4 is 10.6 Å². The van der Waals surface area contributed by atoms with Crippen molar-refractivity contribution in [3.8, 4) is 0 Å². The summed E-state index contributed by atoms with van der Waals surface area (Å²) < 4.78 is 1.93. The van der Waals surface area contributed by atoms with E-state index in [0.29, 0.717) is 13.1 Å². The van der Waals surface area contributed by atoms with E-state index < -0.39 is 0 Å². The maximum atomic E-state index is 4.76. The topological polar surface area (TPSA) is 67.1 Å². The molecule has 0 aliphatic heterocycles. The van der Waals surface area contributed by atoms with Gasteiger partial charge in [-0.2, -0.15) is 5.10 Å². The molecule has 2 aromatic heterocycles. The van der Waals surface area contributed by atoms with Gasteiger partial charge in [-0.25, -0.2) is 9.98 Å². The molecule has 142 valence electrons. The highest BCUT2D eigenvalue weighted by atomic mass is 32.1. The van der Waals surface area contributed by atoms with Crippen molar-refractivity contribution >= 4 is 17.3 Å². The Hall–Kier alpha value is -2.67. The van der Waals surface area contributed by atoms with Crippen molar-refractivity contribution < 1.29 is 0 Å². The summed E-state index contributed by atoms with van der Waals surface area (Å²) in [6.07, 6.45) is 4.76. The largest absolute Gasteiger partial charge is 0.357 e. The third kappa shape index (κ3) is 5.65. The molecule has 27 heavy (non-hydrogen) atoms. The van der Waals surface area contributed by atoms with Crippen molar-refractivity contribution in [1.82, 2.24) is 25.4 Å². The van der Waals surface area contributed by atoms with Gasteiger partial charge < -0.3 is 10.6 Å². The molecule has 0 unspecified atom stereocenters. The monoisotopic (exact) mass is 382 g/mol. The molecule has 7 heteroatoms. The second kappa shape index (κ2) is 9.87. The van der Waals surface area contributed by atoms with Crippen molar-refractivity contribution in [2.24, 2.45) is 4.99 Å². The number of aromatic nitrogens is 3. The molecule has 0 saturated carbocycles. The molecule has 2 heterocycles. The highest BCUT2D eigenvalue weighted by Crippen LogP contribution is 2.12. The molecule has 0 saturated heterocycles. The van der Waals surface area contributed by atoms with Crippen LogP contribution in [0, 0.1) is 0 Å². The minimum absolute atomic E-state index is 0.615. The summed E-state index contributed by atoms with van der Waals surface area (Å²) in [4.78, 5) is 9.35. The zero-order valence-corrected chi connectivity index (χ0v) is 16.7. The molecule has 0 atom stereocenters. The maximum absolute atomic E-state index is 4.76. The first-order chi connectivity index (χ1) is 13.3. The van der Waals surface area contributed by atoms with Gasteiger partial charge in [-0.3, -0.25) is 4.68 Å². The van der Waals surface area contributed by atoms with Crippen LogP contribution >= 0.6 is 11.3 Å². The van der Waals surface area contributed by atoms with Crippen LogP contribution in [0.3, 0.4) is 0 Å². The molecule has 0 aliphatic rings. The Morgan fingerprint density at radius 3 is 2.70 bits per heavy atom. The van der Waals surface area contributed by atoms with E-state index in [4.69, 9.17) is 4.99 Å². The molecule has 1 aromatic carbocycles. The summed E-state index contributed by atoms with van der Waals surface area (Å²) in [6, 6.07) is 10.3. The van der Waals surface area contributed by atoms with Crippen LogP contribution in [-0.2, 0) is 26.1 Å². The van der Waals surface area contributed by atoms with Gasteiger partial charge in [-0.05, 0) is 30.5 Å². The standard InChI is InChI=1S/C20H26N6S/c1-3-19-25-18(15-27-19)13-23-20(21-4-2)22-12-16-8-5-6-9-17(16)14-26-11-7-10-24-26/h5-11,15H,3-4,12-14H2,1-2H3,(H2,21,22,23). The molecule has 0 spiro atoms. The van der Waals surface area contributed by atoms with Gasteiger partial charge in [-0.15, -0.1) is 11.3 Å². The molecular formula is C20H26N6S. The molecule has 6 nitrogen and oxygen atoms in total. The zero-order valence-electron chi connectivity index (χ0n) is 15.9. The summed E-state index contributed by atoms with van der Waals surface area (Å²) in [6.45, 7) is 7.06. The van der Waals surface area contributed by atoms with Crippen LogP contribution in [0.25, 0.3) is 0 Å². The zero-order chi connectivity index (χ0) is 18.9. The van der Waals surface area contributed by atoms with Gasteiger partial charge in [0.2, 0.25) is 0 Å². The third-order valence-electron chi connectivity index (χ3n) is 4.10. The minimum atomic E-state index is 0.615. The van der Waals surface area contributed by atoms with E-state index in [-0.39, 0.29) is 0 Å². The number of aryl methyl sites for hydroxylation is 1. The van der Waals surface area contributed by atoms with E-state index in [1.165, 1.54) is 16.1 Å². The summed E-state index contributed by atoms with van der Waals surface area (Å²) in [5.74, 6) is 0.803. The number of benzene rings is 1. The van der Waals surface area contributed by atoms with Gasteiger partial charge in [-0.1, -0.05) is 31.2 Å². The maximum Gasteiger partial charge on any atom is 0.191 e. The van der Waals surface area contributed by atoms with Crippen molar-refractivity contribution in [3.63, 3.8) is 0 Å². The number of guanidine groups is 1. The molecule has 0 amide bonds. The Morgan fingerprint density at radius 2 is 2.00 bits per heavy atom. The quantitative estimate of drug-likeness (QED) is 0.464. The predicted octanol–water partition coefficient (Wildman–Crippen LogP) is 3.21. The molecule has 3 aromatic rings. The average Bonchev–Trinajstić information content (AvgIpc) is 3.37. The fourth-order valence-electron chi connectivity index (χ4n) is 2.71. The van der Waals surface area contributed by atoms with E-state index in [2.05, 4.69) is 64.2 Å². The molecule has 3 rings (SSSR count). The molecular weight excluding hydrogens is 356 g/mol. The van der Waals surface area contributed by atoms with E-state index in [1.807, 2.05) is 16.9 Å². The Labute approximate surface area is 164 Å². The van der Waals surface area contributed by atoms with E-state index in [9.17, 15) is 0 Å². The van der Waals surface area contributed by atoms with Gasteiger partial charge in [0.05, 0.1) is 30.3 Å². The summed E-state index contributed by atoms with van der Waals surface area (Å²) in [5.41, 5.74) is 3.49. The Morgan fingerprint density at radius 1 is 1.15 bits per heavy atom. The second-order valence-electron chi connectivity index (χ2n) is 6.11. The molecule has 0 fully saturated rings. The highest BCUT2D eigenvalue weighted by molar-refractivity contribution is 7.09. The lowest BCUT2D eigenvalue weighted by molar-refractivity contribution is 0.680. The minimum Gasteiger partial charge on any atom is -0.357 e. The van der Waals surface area contributed by atoms with Gasteiger partial charge in [0.15, 0.2) is 5.96 Å². The smallest absolute Gasteiger partial charge is 0.191 e. The number of thiazole rings is 1.